The summed E-state index contributed by atoms with van der Waals surface area (Å²) >= 11 is 5.42. The van der Waals surface area contributed by atoms with Gasteiger partial charge in [0.05, 0.1) is 24.7 Å². The van der Waals surface area contributed by atoms with Crippen molar-refractivity contribution in [1.82, 2.24) is 15.5 Å². The third-order valence-electron chi connectivity index (χ3n) is 5.42. The fourth-order valence-electron chi connectivity index (χ4n) is 3.86. The number of thiocarbonyl (C=S) groups is 1. The van der Waals surface area contributed by atoms with Crippen molar-refractivity contribution in [3.05, 3.63) is 29.8 Å². The first-order valence-electron chi connectivity index (χ1n) is 9.57. The number of nitrogens with zero attached hydrogens (tertiary/aromatic N) is 1. The molecule has 3 rings (SSSR count). The van der Waals surface area contributed by atoms with Crippen molar-refractivity contribution in [3.8, 4) is 5.75 Å². The van der Waals surface area contributed by atoms with Crippen LogP contribution in [0.5, 0.6) is 5.75 Å². The number of ether oxygens (including phenoxy) is 1. The van der Waals surface area contributed by atoms with Crippen LogP contribution in [0.3, 0.4) is 0 Å². The minimum absolute atomic E-state index is 0.158. The summed E-state index contributed by atoms with van der Waals surface area (Å²) in [4.78, 5) is 2.49. The van der Waals surface area contributed by atoms with Crippen molar-refractivity contribution in [2.45, 2.75) is 25.3 Å². The van der Waals surface area contributed by atoms with Crippen molar-refractivity contribution in [1.29, 1.82) is 0 Å². The predicted octanol–water partition coefficient (Wildman–Crippen LogP) is 1.73. The zero-order chi connectivity index (χ0) is 19.3. The molecule has 0 aromatic heterocycles. The molecule has 2 aliphatic heterocycles. The molecule has 0 radical (unpaired) electrons. The molecule has 2 heterocycles. The van der Waals surface area contributed by atoms with E-state index in [1.807, 2.05) is 12.1 Å². The molecule has 2 atom stereocenters. The standard InChI is InChI=1S/C19H29N3O3S2/c1-25-17-6-4-16(5-7-17)18(22-9-2-3-10-22)13-21-19(26)20-12-15-8-11-27(23,24)14-15/h4-7,15,18H,2-3,8-14H2,1H3,(H2,20,21,26)/t15-,18+/m1/s1. The summed E-state index contributed by atoms with van der Waals surface area (Å²) in [5.41, 5.74) is 1.25. The Morgan fingerprint density at radius 2 is 1.96 bits per heavy atom. The molecule has 8 heteroatoms. The molecule has 1 aromatic carbocycles. The Kier molecular flexibility index (Phi) is 6.94. The smallest absolute Gasteiger partial charge is 0.166 e. The van der Waals surface area contributed by atoms with E-state index in [9.17, 15) is 8.42 Å². The maximum Gasteiger partial charge on any atom is 0.166 e. The number of methoxy groups -OCH3 is 1. The van der Waals surface area contributed by atoms with Crippen LogP contribution >= 0.6 is 12.2 Å². The lowest BCUT2D eigenvalue weighted by molar-refractivity contribution is 0.245. The maximum atomic E-state index is 11.6. The first kappa shape index (κ1) is 20.4. The topological polar surface area (TPSA) is 70.7 Å². The second-order valence-corrected chi connectivity index (χ2v) is 10.0. The lowest BCUT2D eigenvalue weighted by atomic mass is 10.1. The number of benzene rings is 1. The zero-order valence-corrected chi connectivity index (χ0v) is 17.4. The molecule has 27 heavy (non-hydrogen) atoms. The lowest BCUT2D eigenvalue weighted by Gasteiger charge is -2.29. The summed E-state index contributed by atoms with van der Waals surface area (Å²) in [7, 11) is -1.17. The highest BCUT2D eigenvalue weighted by atomic mass is 32.2. The molecule has 2 saturated heterocycles. The molecule has 0 amide bonds. The number of hydrogen-bond donors (Lipinski definition) is 2. The van der Waals surface area contributed by atoms with E-state index in [2.05, 4.69) is 27.7 Å². The first-order chi connectivity index (χ1) is 13.0. The fraction of sp³-hybridized carbons (Fsp3) is 0.632. The normalized spacial score (nSPS) is 23.1. The van der Waals surface area contributed by atoms with Crippen LogP contribution in [0.15, 0.2) is 24.3 Å². The van der Waals surface area contributed by atoms with Crippen molar-refractivity contribution >= 4 is 27.2 Å². The van der Waals surface area contributed by atoms with Crippen LogP contribution in [0.1, 0.15) is 30.9 Å². The highest BCUT2D eigenvalue weighted by molar-refractivity contribution is 7.91. The largest absolute Gasteiger partial charge is 0.497 e. The Bertz CT molecular complexity index is 731. The average Bonchev–Trinajstić information content (AvgIpc) is 3.30. The van der Waals surface area contributed by atoms with E-state index < -0.39 is 9.84 Å². The number of hydrogen-bond acceptors (Lipinski definition) is 5. The van der Waals surface area contributed by atoms with E-state index in [4.69, 9.17) is 17.0 Å². The van der Waals surface area contributed by atoms with E-state index in [-0.39, 0.29) is 17.7 Å². The van der Waals surface area contributed by atoms with E-state index >= 15 is 0 Å². The second kappa shape index (κ2) is 9.21. The molecular formula is C19H29N3O3S2. The van der Waals surface area contributed by atoms with E-state index in [1.54, 1.807) is 7.11 Å². The number of likely N-dealkylation sites (tertiary alicyclic amines) is 1. The van der Waals surface area contributed by atoms with E-state index in [0.717, 1.165) is 31.8 Å². The molecule has 150 valence electrons. The highest BCUT2D eigenvalue weighted by Crippen LogP contribution is 2.26. The van der Waals surface area contributed by atoms with Crippen LogP contribution in [-0.4, -0.2) is 63.2 Å². The summed E-state index contributed by atoms with van der Waals surface area (Å²) < 4.78 is 28.4. The van der Waals surface area contributed by atoms with Crippen LogP contribution in [0, 0.1) is 5.92 Å². The zero-order valence-electron chi connectivity index (χ0n) is 15.8. The van der Waals surface area contributed by atoms with Crippen LogP contribution in [0.4, 0.5) is 0 Å². The number of rotatable bonds is 7. The Balaban J connectivity index is 1.53. The fourth-order valence-corrected chi connectivity index (χ4v) is 5.89. The van der Waals surface area contributed by atoms with Crippen LogP contribution < -0.4 is 15.4 Å². The van der Waals surface area contributed by atoms with E-state index in [0.29, 0.717) is 17.4 Å². The summed E-state index contributed by atoms with van der Waals surface area (Å²) in [5.74, 6) is 1.58. The van der Waals surface area contributed by atoms with Gasteiger partial charge in [0.2, 0.25) is 0 Å². The summed E-state index contributed by atoms with van der Waals surface area (Å²) in [6, 6.07) is 8.47. The minimum atomic E-state index is -2.84. The van der Waals surface area contributed by atoms with Crippen molar-refractivity contribution in [2.75, 3.05) is 44.8 Å². The van der Waals surface area contributed by atoms with Gasteiger partial charge in [0, 0.05) is 13.1 Å². The average molecular weight is 412 g/mol. The summed E-state index contributed by atoms with van der Waals surface area (Å²) in [5, 5.41) is 7.12. The van der Waals surface area contributed by atoms with Crippen LogP contribution in [-0.2, 0) is 9.84 Å². The quantitative estimate of drug-likeness (QED) is 0.662. The molecule has 0 unspecified atom stereocenters. The molecule has 2 N–H and O–H groups in total. The van der Waals surface area contributed by atoms with Crippen molar-refractivity contribution in [2.24, 2.45) is 5.92 Å². The number of nitrogens with one attached hydrogen (secondary N) is 2. The molecule has 2 fully saturated rings. The van der Waals surface area contributed by atoms with Gasteiger partial charge in [0.25, 0.3) is 0 Å². The van der Waals surface area contributed by atoms with Crippen molar-refractivity contribution < 1.29 is 13.2 Å². The molecule has 1 aromatic rings. The molecule has 0 saturated carbocycles. The van der Waals surface area contributed by atoms with Crippen molar-refractivity contribution in [3.63, 3.8) is 0 Å². The monoisotopic (exact) mass is 411 g/mol. The molecule has 0 spiro atoms. The predicted molar refractivity (Wildman–Crippen MR) is 112 cm³/mol. The van der Waals surface area contributed by atoms with Crippen LogP contribution in [0.25, 0.3) is 0 Å². The maximum absolute atomic E-state index is 11.6. The van der Waals surface area contributed by atoms with Gasteiger partial charge in [0.15, 0.2) is 14.9 Å². The van der Waals surface area contributed by atoms with Crippen LogP contribution in [0.2, 0.25) is 0 Å². The van der Waals surface area contributed by atoms with Gasteiger partial charge in [-0.05, 0) is 68.2 Å². The summed E-state index contributed by atoms with van der Waals surface area (Å²) in [6.45, 7) is 3.53. The van der Waals surface area contributed by atoms with Gasteiger partial charge in [-0.2, -0.15) is 0 Å². The van der Waals surface area contributed by atoms with E-state index in [1.165, 1.54) is 18.4 Å². The van der Waals surface area contributed by atoms with Gasteiger partial charge < -0.3 is 15.4 Å². The molecule has 0 aliphatic carbocycles. The van der Waals surface area contributed by atoms with Gasteiger partial charge in [-0.15, -0.1) is 0 Å². The highest BCUT2D eigenvalue weighted by Gasteiger charge is 2.28. The Morgan fingerprint density at radius 3 is 2.56 bits per heavy atom. The molecule has 0 bridgehead atoms. The molecule has 2 aliphatic rings. The number of sulfone groups is 1. The van der Waals surface area contributed by atoms with Gasteiger partial charge in [-0.3, -0.25) is 4.90 Å². The Morgan fingerprint density at radius 1 is 1.26 bits per heavy atom. The second-order valence-electron chi connectivity index (χ2n) is 7.39. The van der Waals surface area contributed by atoms with Gasteiger partial charge in [0.1, 0.15) is 5.75 Å². The first-order valence-corrected chi connectivity index (χ1v) is 11.8. The third-order valence-corrected chi connectivity index (χ3v) is 7.54. The SMILES string of the molecule is COc1ccc([C@H](CNC(=S)NC[C@H]2CCS(=O)(=O)C2)N2CCCC2)cc1. The Labute approximate surface area is 167 Å². The Hall–Kier alpha value is -1.38. The summed E-state index contributed by atoms with van der Waals surface area (Å²) in [6.07, 6.45) is 3.18. The van der Waals surface area contributed by atoms with Gasteiger partial charge in [-0.1, -0.05) is 12.1 Å². The van der Waals surface area contributed by atoms with Gasteiger partial charge >= 0.3 is 0 Å². The minimum Gasteiger partial charge on any atom is -0.497 e. The molecular weight excluding hydrogens is 382 g/mol. The third kappa shape index (κ3) is 5.80. The molecule has 6 nitrogen and oxygen atoms in total. The lowest BCUT2D eigenvalue weighted by Crippen LogP contribution is -2.42. The van der Waals surface area contributed by atoms with Gasteiger partial charge in [-0.25, -0.2) is 8.42 Å².